The highest BCUT2D eigenvalue weighted by molar-refractivity contribution is 6.08. The van der Waals surface area contributed by atoms with E-state index < -0.39 is 0 Å². The first-order valence-corrected chi connectivity index (χ1v) is 7.40. The van der Waals surface area contributed by atoms with Crippen molar-refractivity contribution in [3.8, 4) is 0 Å². The number of Topliss-reactive ketones (excluding diaryl/α,β-unsaturated/α-hetero) is 1. The summed E-state index contributed by atoms with van der Waals surface area (Å²) in [5.41, 5.74) is 1.91. The van der Waals surface area contributed by atoms with Crippen LogP contribution in [-0.2, 0) is 4.79 Å². The molecule has 0 atom stereocenters. The summed E-state index contributed by atoms with van der Waals surface area (Å²) in [6, 6.07) is 0. The molecule has 1 rings (SSSR count). The predicted octanol–water partition coefficient (Wildman–Crippen LogP) is 5.22. The highest BCUT2D eigenvalue weighted by atomic mass is 16.1. The van der Waals surface area contributed by atoms with E-state index >= 15 is 0 Å². The number of unbranched alkanes of at least 4 members (excludes halogenated alkanes) is 5. The van der Waals surface area contributed by atoms with Crippen LogP contribution < -0.4 is 0 Å². The van der Waals surface area contributed by atoms with Crippen LogP contribution in [0.15, 0.2) is 23.8 Å². The Bertz CT molecular complexity index is 334. The van der Waals surface area contributed by atoms with Crippen LogP contribution >= 0.6 is 0 Å². The van der Waals surface area contributed by atoms with Crippen molar-refractivity contribution < 1.29 is 4.79 Å². The summed E-state index contributed by atoms with van der Waals surface area (Å²) in [4.78, 5) is 12.0. The smallest absolute Gasteiger partial charge is 0.184 e. The highest BCUT2D eigenvalue weighted by Crippen LogP contribution is 2.35. The average Bonchev–Trinajstić information content (AvgIpc) is 2.28. The molecule has 0 heterocycles. The number of carbonyl (C=O) groups is 1. The van der Waals surface area contributed by atoms with Crippen molar-refractivity contribution >= 4 is 5.78 Å². The van der Waals surface area contributed by atoms with Crippen LogP contribution in [0.2, 0.25) is 0 Å². The first-order chi connectivity index (χ1) is 8.46. The molecule has 0 aliphatic heterocycles. The normalized spacial score (nSPS) is 18.9. The summed E-state index contributed by atoms with van der Waals surface area (Å²) in [6.07, 6.45) is 11.6. The first-order valence-electron chi connectivity index (χ1n) is 7.40. The number of rotatable bonds is 7. The lowest BCUT2D eigenvalue weighted by Gasteiger charge is -2.28. The van der Waals surface area contributed by atoms with E-state index in [1.165, 1.54) is 32.1 Å². The minimum atomic E-state index is 0.114. The lowest BCUT2D eigenvalue weighted by Crippen LogP contribution is -2.22. The SMILES string of the molecule is C=C1CC(C)(C)C=C(CCCCCCCC)C1=O. The molecule has 0 spiro atoms. The molecule has 0 fully saturated rings. The fraction of sp³-hybridized carbons (Fsp3) is 0.706. The molecule has 0 aromatic carbocycles. The van der Waals surface area contributed by atoms with E-state index in [0.29, 0.717) is 0 Å². The van der Waals surface area contributed by atoms with E-state index in [-0.39, 0.29) is 11.2 Å². The first kappa shape index (κ1) is 15.2. The molecule has 0 N–H and O–H groups in total. The van der Waals surface area contributed by atoms with Gasteiger partial charge in [0.1, 0.15) is 0 Å². The molecule has 0 saturated heterocycles. The van der Waals surface area contributed by atoms with E-state index in [1.54, 1.807) is 0 Å². The molecule has 0 unspecified atom stereocenters. The standard InChI is InChI=1S/C17H28O/c1-5-6-7-8-9-10-11-15-13-17(3,4)12-14(2)16(15)18/h13H,2,5-12H2,1,3-4H3. The molecule has 1 heteroatoms. The molecule has 0 aromatic rings. The minimum absolute atomic E-state index is 0.114. The van der Waals surface area contributed by atoms with Gasteiger partial charge in [-0.25, -0.2) is 0 Å². The second kappa shape index (κ2) is 6.92. The Morgan fingerprint density at radius 1 is 1.17 bits per heavy atom. The Morgan fingerprint density at radius 3 is 2.44 bits per heavy atom. The number of hydrogen-bond donors (Lipinski definition) is 0. The van der Waals surface area contributed by atoms with Gasteiger partial charge in [0.25, 0.3) is 0 Å². The largest absolute Gasteiger partial charge is 0.289 e. The quantitative estimate of drug-likeness (QED) is 0.446. The zero-order valence-corrected chi connectivity index (χ0v) is 12.3. The van der Waals surface area contributed by atoms with Crippen LogP contribution in [0, 0.1) is 5.41 Å². The van der Waals surface area contributed by atoms with Gasteiger partial charge in [0.05, 0.1) is 0 Å². The zero-order chi connectivity index (χ0) is 13.6. The van der Waals surface area contributed by atoms with Gasteiger partial charge in [0.15, 0.2) is 5.78 Å². The van der Waals surface area contributed by atoms with E-state index in [2.05, 4.69) is 33.4 Å². The van der Waals surface area contributed by atoms with Gasteiger partial charge in [-0.2, -0.15) is 0 Å². The van der Waals surface area contributed by atoms with Crippen LogP contribution in [0.4, 0.5) is 0 Å². The molecule has 102 valence electrons. The maximum Gasteiger partial charge on any atom is 0.184 e. The summed E-state index contributed by atoms with van der Waals surface area (Å²) < 4.78 is 0. The molecule has 0 amide bonds. The van der Waals surface area contributed by atoms with Crippen LogP contribution in [0.3, 0.4) is 0 Å². The molecule has 18 heavy (non-hydrogen) atoms. The highest BCUT2D eigenvalue weighted by Gasteiger charge is 2.28. The molecule has 0 aromatic heterocycles. The maximum atomic E-state index is 12.0. The van der Waals surface area contributed by atoms with Crippen molar-refractivity contribution in [3.63, 3.8) is 0 Å². The number of hydrogen-bond acceptors (Lipinski definition) is 1. The van der Waals surface area contributed by atoms with Gasteiger partial charge in [0, 0.05) is 0 Å². The van der Waals surface area contributed by atoms with E-state index in [1.807, 2.05) is 0 Å². The summed E-state index contributed by atoms with van der Waals surface area (Å²) in [5.74, 6) is 0.211. The van der Waals surface area contributed by atoms with Gasteiger partial charge >= 0.3 is 0 Å². The van der Waals surface area contributed by atoms with Crippen LogP contribution in [0.1, 0.15) is 72.1 Å². The monoisotopic (exact) mass is 248 g/mol. The van der Waals surface area contributed by atoms with Crippen LogP contribution in [0.5, 0.6) is 0 Å². The molecule has 1 aliphatic rings. The van der Waals surface area contributed by atoms with Crippen LogP contribution in [-0.4, -0.2) is 5.78 Å². The van der Waals surface area contributed by atoms with Crippen molar-refractivity contribution in [1.82, 2.24) is 0 Å². The Balaban J connectivity index is 2.38. The molecule has 1 nitrogen and oxygen atoms in total. The van der Waals surface area contributed by atoms with E-state index in [4.69, 9.17) is 0 Å². The fourth-order valence-corrected chi connectivity index (χ4v) is 2.73. The number of allylic oxidation sites excluding steroid dienone is 3. The molecule has 0 bridgehead atoms. The van der Waals surface area contributed by atoms with Gasteiger partial charge in [-0.3, -0.25) is 4.79 Å². The van der Waals surface area contributed by atoms with E-state index in [9.17, 15) is 4.79 Å². The zero-order valence-electron chi connectivity index (χ0n) is 12.3. The third kappa shape index (κ3) is 4.80. The summed E-state index contributed by atoms with van der Waals surface area (Å²) in [5, 5.41) is 0. The van der Waals surface area contributed by atoms with Crippen molar-refractivity contribution in [1.29, 1.82) is 0 Å². The van der Waals surface area contributed by atoms with Crippen molar-refractivity contribution in [2.24, 2.45) is 5.41 Å². The summed E-state index contributed by atoms with van der Waals surface area (Å²) in [6.45, 7) is 10.5. The van der Waals surface area contributed by atoms with Gasteiger partial charge in [-0.15, -0.1) is 0 Å². The van der Waals surface area contributed by atoms with Gasteiger partial charge in [-0.05, 0) is 35.8 Å². The average molecular weight is 248 g/mol. The maximum absolute atomic E-state index is 12.0. The van der Waals surface area contributed by atoms with Crippen molar-refractivity contribution in [2.75, 3.05) is 0 Å². The van der Waals surface area contributed by atoms with E-state index in [0.717, 1.165) is 30.4 Å². The predicted molar refractivity (Wildman–Crippen MR) is 78.6 cm³/mol. The summed E-state index contributed by atoms with van der Waals surface area (Å²) >= 11 is 0. The minimum Gasteiger partial charge on any atom is -0.289 e. The lowest BCUT2D eigenvalue weighted by molar-refractivity contribution is -0.113. The molecule has 0 radical (unpaired) electrons. The topological polar surface area (TPSA) is 17.1 Å². The molecule has 0 saturated carbocycles. The van der Waals surface area contributed by atoms with Crippen LogP contribution in [0.25, 0.3) is 0 Å². The molecular weight excluding hydrogens is 220 g/mol. The number of carbonyl (C=O) groups excluding carboxylic acids is 1. The Labute approximate surface area is 112 Å². The second-order valence-corrected chi connectivity index (χ2v) is 6.29. The Morgan fingerprint density at radius 2 is 1.78 bits per heavy atom. The Hall–Kier alpha value is -0.850. The molecule has 1 aliphatic carbocycles. The number of ketones is 1. The van der Waals surface area contributed by atoms with Gasteiger partial charge < -0.3 is 0 Å². The third-order valence-corrected chi connectivity index (χ3v) is 3.65. The molecular formula is C17H28O. The van der Waals surface area contributed by atoms with Crippen molar-refractivity contribution in [3.05, 3.63) is 23.8 Å². The summed E-state index contributed by atoms with van der Waals surface area (Å²) in [7, 11) is 0. The van der Waals surface area contributed by atoms with Gasteiger partial charge in [0.2, 0.25) is 0 Å². The van der Waals surface area contributed by atoms with Gasteiger partial charge in [-0.1, -0.05) is 65.5 Å². The Kier molecular flexibility index (Phi) is 5.84. The fourth-order valence-electron chi connectivity index (χ4n) is 2.73. The lowest BCUT2D eigenvalue weighted by atomic mass is 9.76. The second-order valence-electron chi connectivity index (χ2n) is 6.29. The van der Waals surface area contributed by atoms with Crippen molar-refractivity contribution in [2.45, 2.75) is 72.1 Å². The third-order valence-electron chi connectivity index (χ3n) is 3.65.